The molecule has 0 saturated carbocycles. The molecule has 1 aromatic heterocycles. The Morgan fingerprint density at radius 2 is 1.80 bits per heavy atom. The molecule has 0 saturated heterocycles. The second-order valence-electron chi connectivity index (χ2n) is 3.82. The minimum Gasteiger partial charge on any atom is -0.237 e. The molecule has 3 nitrogen and oxygen atoms in total. The molecule has 0 fully saturated rings. The molecule has 0 aliphatic carbocycles. The third-order valence-electron chi connectivity index (χ3n) is 2.28. The molecule has 0 atom stereocenters. The standard InChI is InChI=1S/C11H6F6N3/c12-10(13,14)8-18-9(11(15,16)17)20(19-8)6-7-4-2-1-3-5-7/h1-2,4-5H,6H2. The van der Waals surface area contributed by atoms with Crippen LogP contribution in [-0.4, -0.2) is 14.8 Å². The average molecular weight is 294 g/mol. The van der Waals surface area contributed by atoms with E-state index in [1.165, 1.54) is 24.3 Å². The molecule has 0 N–H and O–H groups in total. The van der Waals surface area contributed by atoms with Crippen LogP contribution in [-0.2, 0) is 18.9 Å². The fourth-order valence-electron chi connectivity index (χ4n) is 1.48. The van der Waals surface area contributed by atoms with Crippen molar-refractivity contribution >= 4 is 0 Å². The van der Waals surface area contributed by atoms with Crippen LogP contribution in [0, 0.1) is 6.07 Å². The highest BCUT2D eigenvalue weighted by atomic mass is 19.4. The third-order valence-corrected chi connectivity index (χ3v) is 2.28. The summed E-state index contributed by atoms with van der Waals surface area (Å²) in [5.74, 6) is -3.50. The van der Waals surface area contributed by atoms with Crippen LogP contribution in [0.3, 0.4) is 0 Å². The third kappa shape index (κ3) is 3.09. The molecule has 0 unspecified atom stereocenters. The van der Waals surface area contributed by atoms with E-state index < -0.39 is 30.5 Å². The topological polar surface area (TPSA) is 30.7 Å². The summed E-state index contributed by atoms with van der Waals surface area (Å²) in [6.07, 6.45) is -10.1. The first-order valence-electron chi connectivity index (χ1n) is 5.22. The van der Waals surface area contributed by atoms with E-state index in [0.717, 1.165) is 0 Å². The summed E-state index contributed by atoms with van der Waals surface area (Å²) in [5, 5.41) is 2.89. The minimum atomic E-state index is -5.03. The molecule has 0 amide bonds. The molecule has 0 aliphatic rings. The zero-order valence-electron chi connectivity index (χ0n) is 9.63. The maximum absolute atomic E-state index is 12.7. The van der Waals surface area contributed by atoms with Gasteiger partial charge in [-0.15, -0.1) is 5.10 Å². The van der Waals surface area contributed by atoms with Crippen LogP contribution < -0.4 is 0 Å². The Hall–Kier alpha value is -2.06. The first-order valence-corrected chi connectivity index (χ1v) is 5.22. The zero-order valence-corrected chi connectivity index (χ0v) is 9.63. The number of nitrogens with zero attached hydrogens (tertiary/aromatic N) is 3. The molecule has 1 radical (unpaired) electrons. The van der Waals surface area contributed by atoms with Crippen LogP contribution in [0.4, 0.5) is 26.3 Å². The van der Waals surface area contributed by atoms with Crippen LogP contribution in [0.2, 0.25) is 0 Å². The zero-order chi connectivity index (χ0) is 15.0. The number of aromatic nitrogens is 3. The summed E-state index contributed by atoms with van der Waals surface area (Å²) in [5.41, 5.74) is 0.330. The first kappa shape index (κ1) is 14.4. The molecule has 107 valence electrons. The molecule has 0 bridgehead atoms. The van der Waals surface area contributed by atoms with Gasteiger partial charge in [-0.2, -0.15) is 31.3 Å². The summed E-state index contributed by atoms with van der Waals surface area (Å²) < 4.78 is 75.3. The van der Waals surface area contributed by atoms with Crippen molar-refractivity contribution in [1.82, 2.24) is 14.8 Å². The lowest BCUT2D eigenvalue weighted by Crippen LogP contribution is -2.16. The van der Waals surface area contributed by atoms with E-state index in [2.05, 4.69) is 16.1 Å². The highest BCUT2D eigenvalue weighted by Crippen LogP contribution is 2.32. The van der Waals surface area contributed by atoms with Crippen molar-refractivity contribution in [2.75, 3.05) is 0 Å². The van der Waals surface area contributed by atoms with Gasteiger partial charge in [-0.05, 0) is 17.7 Å². The Balaban J connectivity index is 2.43. The number of alkyl halides is 6. The van der Waals surface area contributed by atoms with E-state index >= 15 is 0 Å². The van der Waals surface area contributed by atoms with Gasteiger partial charge in [-0.1, -0.05) is 18.2 Å². The van der Waals surface area contributed by atoms with Crippen LogP contribution in [0.1, 0.15) is 17.2 Å². The van der Waals surface area contributed by atoms with E-state index in [4.69, 9.17) is 0 Å². The van der Waals surface area contributed by atoms with Crippen molar-refractivity contribution < 1.29 is 26.3 Å². The maximum atomic E-state index is 12.7. The van der Waals surface area contributed by atoms with Gasteiger partial charge in [0, 0.05) is 0 Å². The Bertz CT molecular complexity index is 584. The fourth-order valence-corrected chi connectivity index (χ4v) is 1.48. The SMILES string of the molecule is FC(F)(F)c1nc(C(F)(F)F)n(Cc2c[c]ccc2)n1. The lowest BCUT2D eigenvalue weighted by atomic mass is 10.2. The quantitative estimate of drug-likeness (QED) is 0.797. The van der Waals surface area contributed by atoms with E-state index in [-0.39, 0.29) is 4.68 Å². The van der Waals surface area contributed by atoms with Crippen LogP contribution in [0.25, 0.3) is 0 Å². The van der Waals surface area contributed by atoms with Gasteiger partial charge in [0.1, 0.15) is 0 Å². The van der Waals surface area contributed by atoms with Gasteiger partial charge in [-0.3, -0.25) is 0 Å². The fraction of sp³-hybridized carbons (Fsp3) is 0.273. The molecule has 0 aliphatic heterocycles. The van der Waals surface area contributed by atoms with Crippen molar-refractivity contribution in [2.45, 2.75) is 18.9 Å². The lowest BCUT2D eigenvalue weighted by molar-refractivity contribution is -0.150. The molecule has 2 aromatic rings. The number of hydrogen-bond acceptors (Lipinski definition) is 2. The average Bonchev–Trinajstić information content (AvgIpc) is 2.74. The summed E-state index contributed by atoms with van der Waals surface area (Å²) in [6.45, 7) is -0.477. The van der Waals surface area contributed by atoms with Crippen molar-refractivity contribution in [3.05, 3.63) is 47.5 Å². The maximum Gasteiger partial charge on any atom is 0.453 e. The summed E-state index contributed by atoms with van der Waals surface area (Å²) in [6, 6.07) is 8.43. The molecule has 0 spiro atoms. The molecule has 20 heavy (non-hydrogen) atoms. The van der Waals surface area contributed by atoms with E-state index in [0.29, 0.717) is 5.56 Å². The highest BCUT2D eigenvalue weighted by Gasteiger charge is 2.43. The second-order valence-corrected chi connectivity index (χ2v) is 3.82. The number of rotatable bonds is 2. The summed E-state index contributed by atoms with van der Waals surface area (Å²) in [7, 11) is 0. The van der Waals surface area contributed by atoms with Gasteiger partial charge in [0.25, 0.3) is 5.82 Å². The first-order chi connectivity index (χ1) is 9.18. The van der Waals surface area contributed by atoms with Crippen molar-refractivity contribution in [1.29, 1.82) is 0 Å². The van der Waals surface area contributed by atoms with Crippen molar-refractivity contribution in [3.63, 3.8) is 0 Å². The highest BCUT2D eigenvalue weighted by molar-refractivity contribution is 5.15. The van der Waals surface area contributed by atoms with Crippen molar-refractivity contribution in [3.8, 4) is 0 Å². The molecular formula is C11H6F6N3. The minimum absolute atomic E-state index is 0.187. The smallest absolute Gasteiger partial charge is 0.237 e. The Labute approximate surface area is 108 Å². The summed E-state index contributed by atoms with van der Waals surface area (Å²) >= 11 is 0. The van der Waals surface area contributed by atoms with Gasteiger partial charge < -0.3 is 0 Å². The van der Waals surface area contributed by atoms with Gasteiger partial charge in [0.05, 0.1) is 6.54 Å². The number of halogens is 6. The van der Waals surface area contributed by atoms with E-state index in [9.17, 15) is 26.3 Å². The predicted octanol–water partition coefficient (Wildman–Crippen LogP) is 3.16. The van der Waals surface area contributed by atoms with Crippen LogP contribution in [0.15, 0.2) is 24.3 Å². The molecule has 1 heterocycles. The molecular weight excluding hydrogens is 288 g/mol. The van der Waals surface area contributed by atoms with Gasteiger partial charge in [0.15, 0.2) is 0 Å². The van der Waals surface area contributed by atoms with Crippen molar-refractivity contribution in [2.24, 2.45) is 0 Å². The Morgan fingerprint density at radius 3 is 2.30 bits per heavy atom. The predicted molar refractivity (Wildman–Crippen MR) is 54.4 cm³/mol. The second kappa shape index (κ2) is 4.80. The summed E-state index contributed by atoms with van der Waals surface area (Å²) in [4.78, 5) is 2.54. The largest absolute Gasteiger partial charge is 0.453 e. The Kier molecular flexibility index (Phi) is 3.45. The van der Waals surface area contributed by atoms with E-state index in [1.807, 2.05) is 0 Å². The van der Waals surface area contributed by atoms with Crippen LogP contribution >= 0.6 is 0 Å². The Morgan fingerprint density at radius 1 is 1.10 bits per heavy atom. The molecule has 9 heteroatoms. The van der Waals surface area contributed by atoms with E-state index in [1.54, 1.807) is 0 Å². The van der Waals surface area contributed by atoms with Gasteiger partial charge in [0.2, 0.25) is 5.82 Å². The number of benzene rings is 1. The lowest BCUT2D eigenvalue weighted by Gasteiger charge is -2.08. The number of hydrogen-bond donors (Lipinski definition) is 0. The normalized spacial score (nSPS) is 12.7. The van der Waals surface area contributed by atoms with Crippen LogP contribution in [0.5, 0.6) is 0 Å². The monoisotopic (exact) mass is 294 g/mol. The molecule has 1 aromatic carbocycles. The van der Waals surface area contributed by atoms with Gasteiger partial charge in [-0.25, -0.2) is 4.68 Å². The molecule has 2 rings (SSSR count). The van der Waals surface area contributed by atoms with Gasteiger partial charge >= 0.3 is 12.4 Å².